The van der Waals surface area contributed by atoms with Crippen LogP contribution in [0.2, 0.25) is 5.02 Å². The van der Waals surface area contributed by atoms with Gasteiger partial charge in [0, 0.05) is 24.3 Å². The van der Waals surface area contributed by atoms with E-state index in [0.29, 0.717) is 5.92 Å². The molecule has 3 heteroatoms. The molecule has 112 valence electrons. The summed E-state index contributed by atoms with van der Waals surface area (Å²) in [7, 11) is 0. The lowest BCUT2D eigenvalue weighted by atomic mass is 9.96. The highest BCUT2D eigenvalue weighted by Crippen LogP contribution is 2.21. The molecule has 2 rings (SSSR count). The molecule has 1 N–H and O–H groups in total. The van der Waals surface area contributed by atoms with Gasteiger partial charge in [0.2, 0.25) is 0 Å². The summed E-state index contributed by atoms with van der Waals surface area (Å²) in [4.78, 5) is 0. The number of hydrogen-bond donors (Lipinski definition) is 1. The Kier molecular flexibility index (Phi) is 6.85. The molecule has 0 heterocycles. The Bertz CT molecular complexity index is 375. The minimum atomic E-state index is 0.647. The summed E-state index contributed by atoms with van der Waals surface area (Å²) in [6.45, 7) is 5.00. The molecule has 1 fully saturated rings. The highest BCUT2D eigenvalue weighted by atomic mass is 35.5. The number of ether oxygens (including phenoxy) is 1. The molecule has 1 unspecified atom stereocenters. The second-order valence-corrected chi connectivity index (χ2v) is 6.22. The Hall–Kier alpha value is -0.570. The highest BCUT2D eigenvalue weighted by molar-refractivity contribution is 6.30. The maximum atomic E-state index is 5.95. The van der Waals surface area contributed by atoms with E-state index < -0.39 is 0 Å². The van der Waals surface area contributed by atoms with E-state index in [1.165, 1.54) is 18.4 Å². The van der Waals surface area contributed by atoms with Gasteiger partial charge in [-0.15, -0.1) is 0 Å². The molecule has 0 spiro atoms. The maximum Gasteiger partial charge on any atom is 0.0469 e. The van der Waals surface area contributed by atoms with Crippen molar-refractivity contribution in [3.63, 3.8) is 0 Å². The van der Waals surface area contributed by atoms with Crippen molar-refractivity contribution < 1.29 is 4.74 Å². The zero-order valence-corrected chi connectivity index (χ0v) is 13.2. The van der Waals surface area contributed by atoms with Gasteiger partial charge < -0.3 is 10.1 Å². The summed E-state index contributed by atoms with van der Waals surface area (Å²) in [6.07, 6.45) is 6.02. The fraction of sp³-hybridized carbons (Fsp3) is 0.647. The van der Waals surface area contributed by atoms with Crippen LogP contribution in [0.1, 0.15) is 38.2 Å². The standard InChI is InChI=1S/C17H26ClNO/c1-2-10-20-11-9-15(13-19-17-7-8-17)12-14-3-5-16(18)6-4-14/h3-6,15,17,19H,2,7-13H2,1H3. The third-order valence-electron chi connectivity index (χ3n) is 3.73. The normalized spacial score (nSPS) is 16.3. The van der Waals surface area contributed by atoms with Crippen LogP contribution in [0, 0.1) is 5.92 Å². The van der Waals surface area contributed by atoms with Crippen molar-refractivity contribution in [3.8, 4) is 0 Å². The summed E-state index contributed by atoms with van der Waals surface area (Å²) >= 11 is 5.95. The summed E-state index contributed by atoms with van der Waals surface area (Å²) in [5, 5.41) is 4.46. The lowest BCUT2D eigenvalue weighted by Crippen LogP contribution is -2.27. The van der Waals surface area contributed by atoms with Crippen molar-refractivity contribution in [1.29, 1.82) is 0 Å². The molecule has 1 aliphatic rings. The van der Waals surface area contributed by atoms with Crippen molar-refractivity contribution in [3.05, 3.63) is 34.9 Å². The molecular weight excluding hydrogens is 270 g/mol. The van der Waals surface area contributed by atoms with E-state index in [1.54, 1.807) is 0 Å². The SMILES string of the molecule is CCCOCCC(CNC1CC1)Cc1ccc(Cl)cc1. The van der Waals surface area contributed by atoms with E-state index in [-0.39, 0.29) is 0 Å². The summed E-state index contributed by atoms with van der Waals surface area (Å²) < 4.78 is 5.64. The van der Waals surface area contributed by atoms with Gasteiger partial charge in [-0.2, -0.15) is 0 Å². The highest BCUT2D eigenvalue weighted by Gasteiger charge is 2.22. The Balaban J connectivity index is 1.78. The second-order valence-electron chi connectivity index (χ2n) is 5.78. The summed E-state index contributed by atoms with van der Waals surface area (Å²) in [5.41, 5.74) is 1.37. The molecule has 2 nitrogen and oxygen atoms in total. The fourth-order valence-electron chi connectivity index (χ4n) is 2.35. The van der Waals surface area contributed by atoms with E-state index in [0.717, 1.165) is 50.1 Å². The largest absolute Gasteiger partial charge is 0.381 e. The van der Waals surface area contributed by atoms with Crippen LogP contribution in [0.3, 0.4) is 0 Å². The van der Waals surface area contributed by atoms with E-state index >= 15 is 0 Å². The zero-order chi connectivity index (χ0) is 14.2. The average Bonchev–Trinajstić information content (AvgIpc) is 3.27. The van der Waals surface area contributed by atoms with Gasteiger partial charge in [-0.05, 0) is 62.3 Å². The summed E-state index contributed by atoms with van der Waals surface area (Å²) in [5.74, 6) is 0.647. The van der Waals surface area contributed by atoms with E-state index in [9.17, 15) is 0 Å². The van der Waals surface area contributed by atoms with Crippen LogP contribution in [-0.4, -0.2) is 25.8 Å². The predicted molar refractivity (Wildman–Crippen MR) is 85.4 cm³/mol. The number of hydrogen-bond acceptors (Lipinski definition) is 2. The van der Waals surface area contributed by atoms with Crippen LogP contribution in [0.25, 0.3) is 0 Å². The first-order valence-corrected chi connectivity index (χ1v) is 8.21. The first-order valence-electron chi connectivity index (χ1n) is 7.83. The van der Waals surface area contributed by atoms with E-state index in [4.69, 9.17) is 16.3 Å². The molecule has 0 saturated heterocycles. The summed E-state index contributed by atoms with van der Waals surface area (Å²) in [6, 6.07) is 9.02. The first-order chi connectivity index (χ1) is 9.78. The number of rotatable bonds is 10. The van der Waals surface area contributed by atoms with Crippen LogP contribution >= 0.6 is 11.6 Å². The zero-order valence-electron chi connectivity index (χ0n) is 12.4. The van der Waals surface area contributed by atoms with Crippen LogP contribution in [-0.2, 0) is 11.2 Å². The van der Waals surface area contributed by atoms with Crippen molar-refractivity contribution in [1.82, 2.24) is 5.32 Å². The molecule has 1 aromatic rings. The third-order valence-corrected chi connectivity index (χ3v) is 3.98. The Labute approximate surface area is 127 Å². The smallest absolute Gasteiger partial charge is 0.0469 e. The molecule has 1 atom stereocenters. The van der Waals surface area contributed by atoms with Crippen molar-refractivity contribution >= 4 is 11.6 Å². The molecule has 0 radical (unpaired) electrons. The quantitative estimate of drug-likeness (QED) is 0.657. The Morgan fingerprint density at radius 1 is 1.25 bits per heavy atom. The Morgan fingerprint density at radius 3 is 2.65 bits per heavy atom. The molecule has 0 aliphatic heterocycles. The number of benzene rings is 1. The molecule has 1 aromatic carbocycles. The lowest BCUT2D eigenvalue weighted by molar-refractivity contribution is 0.120. The van der Waals surface area contributed by atoms with Crippen LogP contribution in [0.5, 0.6) is 0 Å². The maximum absolute atomic E-state index is 5.95. The second kappa shape index (κ2) is 8.66. The van der Waals surface area contributed by atoms with Gasteiger partial charge in [0.25, 0.3) is 0 Å². The van der Waals surface area contributed by atoms with Gasteiger partial charge >= 0.3 is 0 Å². The van der Waals surface area contributed by atoms with Crippen molar-refractivity contribution in [2.24, 2.45) is 5.92 Å². The van der Waals surface area contributed by atoms with Crippen molar-refractivity contribution in [2.75, 3.05) is 19.8 Å². The molecule has 1 saturated carbocycles. The van der Waals surface area contributed by atoms with Gasteiger partial charge in [0.05, 0.1) is 0 Å². The van der Waals surface area contributed by atoms with Crippen molar-refractivity contribution in [2.45, 2.75) is 45.1 Å². The first kappa shape index (κ1) is 15.8. The van der Waals surface area contributed by atoms with Crippen LogP contribution < -0.4 is 5.32 Å². The van der Waals surface area contributed by atoms with E-state index in [2.05, 4.69) is 24.4 Å². The fourth-order valence-corrected chi connectivity index (χ4v) is 2.47. The molecule has 1 aliphatic carbocycles. The third kappa shape index (κ3) is 6.25. The minimum Gasteiger partial charge on any atom is -0.381 e. The average molecular weight is 296 g/mol. The van der Waals surface area contributed by atoms with Gasteiger partial charge in [-0.1, -0.05) is 30.7 Å². The molecule has 0 bridgehead atoms. The Morgan fingerprint density at radius 2 is 2.00 bits per heavy atom. The topological polar surface area (TPSA) is 21.3 Å². The number of nitrogens with one attached hydrogen (secondary N) is 1. The van der Waals surface area contributed by atoms with Gasteiger partial charge in [-0.25, -0.2) is 0 Å². The predicted octanol–water partition coefficient (Wildman–Crippen LogP) is 4.07. The molecule has 20 heavy (non-hydrogen) atoms. The molecule has 0 aromatic heterocycles. The molecule has 0 amide bonds. The van der Waals surface area contributed by atoms with Gasteiger partial charge in [0.1, 0.15) is 0 Å². The lowest BCUT2D eigenvalue weighted by Gasteiger charge is -2.18. The van der Waals surface area contributed by atoms with Crippen LogP contribution in [0.4, 0.5) is 0 Å². The monoisotopic (exact) mass is 295 g/mol. The van der Waals surface area contributed by atoms with Crippen LogP contribution in [0.15, 0.2) is 24.3 Å². The van der Waals surface area contributed by atoms with E-state index in [1.807, 2.05) is 12.1 Å². The minimum absolute atomic E-state index is 0.647. The number of halogens is 1. The van der Waals surface area contributed by atoms with Gasteiger partial charge in [-0.3, -0.25) is 0 Å². The molecular formula is C17H26ClNO. The van der Waals surface area contributed by atoms with Gasteiger partial charge in [0.15, 0.2) is 0 Å².